The summed E-state index contributed by atoms with van der Waals surface area (Å²) in [4.78, 5) is 36.5. The average Bonchev–Trinajstić information content (AvgIpc) is 3.13. The van der Waals surface area contributed by atoms with Crippen LogP contribution >= 0.6 is 0 Å². The zero-order chi connectivity index (χ0) is 19.5. The predicted molar refractivity (Wildman–Crippen MR) is 105 cm³/mol. The summed E-state index contributed by atoms with van der Waals surface area (Å²) in [6.45, 7) is 0.732. The fourth-order valence-electron chi connectivity index (χ4n) is 2.89. The van der Waals surface area contributed by atoms with E-state index in [4.69, 9.17) is 4.74 Å². The summed E-state index contributed by atoms with van der Waals surface area (Å²) < 4.78 is 6.77. The quantitative estimate of drug-likeness (QED) is 0.468. The van der Waals surface area contributed by atoms with Gasteiger partial charge in [-0.3, -0.25) is 19.3 Å². The number of rotatable bonds is 6. The van der Waals surface area contributed by atoms with Gasteiger partial charge in [0.05, 0.1) is 19.0 Å². The minimum absolute atomic E-state index is 0.168. The maximum absolute atomic E-state index is 11.8. The minimum Gasteiger partial charge on any atom is -0.497 e. The zero-order valence-corrected chi connectivity index (χ0v) is 15.1. The van der Waals surface area contributed by atoms with Crippen LogP contribution in [0.5, 0.6) is 5.75 Å². The molecule has 0 spiro atoms. The Morgan fingerprint density at radius 2 is 1.89 bits per heavy atom. The van der Waals surface area contributed by atoms with Gasteiger partial charge in [0, 0.05) is 6.54 Å². The number of hydrogen-bond acceptors (Lipinski definition) is 6. The molecule has 0 saturated heterocycles. The number of methoxy groups -OCH3 is 1. The third kappa shape index (κ3) is 3.50. The van der Waals surface area contributed by atoms with E-state index in [1.807, 2.05) is 36.4 Å². The molecule has 0 aliphatic carbocycles. The third-order valence-corrected chi connectivity index (χ3v) is 4.35. The molecular formula is C19H18N6O3. The Morgan fingerprint density at radius 3 is 2.61 bits per heavy atom. The van der Waals surface area contributed by atoms with Crippen LogP contribution in [-0.4, -0.2) is 38.2 Å². The van der Waals surface area contributed by atoms with E-state index in [9.17, 15) is 9.59 Å². The van der Waals surface area contributed by atoms with Gasteiger partial charge >= 0.3 is 5.69 Å². The Hall–Kier alpha value is -3.88. The van der Waals surface area contributed by atoms with Crippen molar-refractivity contribution in [3.8, 4) is 11.4 Å². The van der Waals surface area contributed by atoms with Crippen molar-refractivity contribution in [2.75, 3.05) is 19.0 Å². The largest absolute Gasteiger partial charge is 0.497 e. The second kappa shape index (κ2) is 7.39. The van der Waals surface area contributed by atoms with Crippen molar-refractivity contribution in [2.45, 2.75) is 6.42 Å². The summed E-state index contributed by atoms with van der Waals surface area (Å²) in [7, 11) is 1.65. The molecular weight excluding hydrogens is 360 g/mol. The lowest BCUT2D eigenvalue weighted by atomic mass is 10.1. The Labute approximate surface area is 159 Å². The standard InChI is InChI=1S/C19H18N6O3/c1-28-14-5-2-12(3-6-14)8-9-20-15-7-4-13(10-21-15)25-11-22-16-17(25)23-19(27)24-18(16)26/h2-7,10-11H,8-9H2,1H3,(H,20,21)(H2,23,24,26,27). The SMILES string of the molecule is COc1ccc(CCNc2ccc(-n3cnc4c(=O)[nH]c(=O)[nH]c43)cn2)cc1. The summed E-state index contributed by atoms with van der Waals surface area (Å²) in [6.07, 6.45) is 3.98. The van der Waals surface area contributed by atoms with Crippen molar-refractivity contribution in [1.29, 1.82) is 0 Å². The highest BCUT2D eigenvalue weighted by Gasteiger charge is 2.09. The minimum atomic E-state index is -0.580. The number of pyridine rings is 1. The van der Waals surface area contributed by atoms with Crippen LogP contribution in [-0.2, 0) is 6.42 Å². The molecule has 0 fully saturated rings. The summed E-state index contributed by atoms with van der Waals surface area (Å²) >= 11 is 0. The molecule has 4 rings (SSSR count). The number of fused-ring (bicyclic) bond motifs is 1. The molecule has 0 amide bonds. The second-order valence-electron chi connectivity index (χ2n) is 6.15. The van der Waals surface area contributed by atoms with Gasteiger partial charge in [0.25, 0.3) is 5.56 Å². The summed E-state index contributed by atoms with van der Waals surface area (Å²) in [5.41, 5.74) is 1.27. The van der Waals surface area contributed by atoms with Crippen molar-refractivity contribution in [3.63, 3.8) is 0 Å². The number of nitrogens with one attached hydrogen (secondary N) is 3. The monoisotopic (exact) mass is 378 g/mol. The van der Waals surface area contributed by atoms with E-state index >= 15 is 0 Å². The molecule has 0 radical (unpaired) electrons. The molecule has 0 unspecified atom stereocenters. The molecule has 9 nitrogen and oxygen atoms in total. The third-order valence-electron chi connectivity index (χ3n) is 4.35. The van der Waals surface area contributed by atoms with Gasteiger partial charge in [-0.1, -0.05) is 12.1 Å². The number of anilines is 1. The molecule has 0 aliphatic heterocycles. The Balaban J connectivity index is 1.45. The van der Waals surface area contributed by atoms with E-state index in [0.29, 0.717) is 11.3 Å². The van der Waals surface area contributed by atoms with Gasteiger partial charge in [0.15, 0.2) is 11.2 Å². The lowest BCUT2D eigenvalue weighted by Crippen LogP contribution is -2.22. The number of H-pyrrole nitrogens is 2. The molecule has 142 valence electrons. The summed E-state index contributed by atoms with van der Waals surface area (Å²) in [6, 6.07) is 11.6. The van der Waals surface area contributed by atoms with E-state index in [1.165, 1.54) is 11.9 Å². The smallest absolute Gasteiger partial charge is 0.327 e. The number of ether oxygens (including phenoxy) is 1. The van der Waals surface area contributed by atoms with Crippen molar-refractivity contribution in [1.82, 2.24) is 24.5 Å². The van der Waals surface area contributed by atoms with Crippen molar-refractivity contribution in [2.24, 2.45) is 0 Å². The van der Waals surface area contributed by atoms with E-state index < -0.39 is 11.2 Å². The lowest BCUT2D eigenvalue weighted by molar-refractivity contribution is 0.414. The number of imidazole rings is 1. The highest BCUT2D eigenvalue weighted by Crippen LogP contribution is 2.15. The zero-order valence-electron chi connectivity index (χ0n) is 15.1. The molecule has 3 aromatic heterocycles. The predicted octanol–water partition coefficient (Wildman–Crippen LogP) is 1.46. The first-order chi connectivity index (χ1) is 13.6. The Morgan fingerprint density at radius 1 is 1.07 bits per heavy atom. The van der Waals surface area contributed by atoms with Gasteiger partial charge in [0.1, 0.15) is 17.9 Å². The van der Waals surface area contributed by atoms with E-state index in [0.717, 1.165) is 24.5 Å². The van der Waals surface area contributed by atoms with E-state index in [2.05, 4.69) is 25.3 Å². The van der Waals surface area contributed by atoms with Crippen molar-refractivity contribution in [3.05, 3.63) is 75.3 Å². The molecule has 1 aromatic carbocycles. The molecule has 3 N–H and O–H groups in total. The van der Waals surface area contributed by atoms with Crippen LogP contribution in [0.15, 0.2) is 58.5 Å². The van der Waals surface area contributed by atoms with Crippen LogP contribution in [0.3, 0.4) is 0 Å². The fourth-order valence-corrected chi connectivity index (χ4v) is 2.89. The van der Waals surface area contributed by atoms with Gasteiger partial charge in [-0.05, 0) is 36.2 Å². The topological polar surface area (TPSA) is 118 Å². The summed E-state index contributed by atoms with van der Waals surface area (Å²) in [5.74, 6) is 1.57. The molecule has 4 aromatic rings. The van der Waals surface area contributed by atoms with Crippen molar-refractivity contribution >= 4 is 17.0 Å². The number of benzene rings is 1. The number of aromatic amines is 2. The van der Waals surface area contributed by atoms with Crippen LogP contribution < -0.4 is 21.3 Å². The van der Waals surface area contributed by atoms with Gasteiger partial charge in [-0.2, -0.15) is 0 Å². The first-order valence-corrected chi connectivity index (χ1v) is 8.67. The van der Waals surface area contributed by atoms with Gasteiger partial charge < -0.3 is 10.1 Å². The average molecular weight is 378 g/mol. The molecule has 3 heterocycles. The maximum Gasteiger partial charge on any atom is 0.327 e. The first-order valence-electron chi connectivity index (χ1n) is 8.67. The molecule has 0 atom stereocenters. The van der Waals surface area contributed by atoms with Crippen LogP contribution in [0.25, 0.3) is 16.9 Å². The number of nitrogens with zero attached hydrogens (tertiary/aromatic N) is 3. The van der Waals surface area contributed by atoms with Crippen molar-refractivity contribution < 1.29 is 4.74 Å². The highest BCUT2D eigenvalue weighted by atomic mass is 16.5. The fraction of sp³-hybridized carbons (Fsp3) is 0.158. The van der Waals surface area contributed by atoms with Crippen LogP contribution in [0.4, 0.5) is 5.82 Å². The van der Waals surface area contributed by atoms with Gasteiger partial charge in [0.2, 0.25) is 0 Å². The highest BCUT2D eigenvalue weighted by molar-refractivity contribution is 5.71. The molecule has 0 aliphatic rings. The molecule has 28 heavy (non-hydrogen) atoms. The normalized spacial score (nSPS) is 10.9. The molecule has 0 bridgehead atoms. The first kappa shape index (κ1) is 17.5. The number of hydrogen-bond donors (Lipinski definition) is 3. The van der Waals surface area contributed by atoms with Gasteiger partial charge in [-0.25, -0.2) is 14.8 Å². The van der Waals surface area contributed by atoms with E-state index in [-0.39, 0.29) is 5.52 Å². The van der Waals surface area contributed by atoms with E-state index in [1.54, 1.807) is 17.9 Å². The maximum atomic E-state index is 11.8. The van der Waals surface area contributed by atoms with Crippen LogP contribution in [0, 0.1) is 0 Å². The second-order valence-corrected chi connectivity index (χ2v) is 6.15. The molecule has 0 saturated carbocycles. The Kier molecular flexibility index (Phi) is 4.63. The number of aromatic nitrogens is 5. The summed E-state index contributed by atoms with van der Waals surface area (Å²) in [5, 5.41) is 3.27. The van der Waals surface area contributed by atoms with Crippen LogP contribution in [0.1, 0.15) is 5.56 Å². The Bertz CT molecular complexity index is 1210. The molecule has 9 heteroatoms. The van der Waals surface area contributed by atoms with Gasteiger partial charge in [-0.15, -0.1) is 0 Å². The van der Waals surface area contributed by atoms with Crippen LogP contribution in [0.2, 0.25) is 0 Å². The lowest BCUT2D eigenvalue weighted by Gasteiger charge is -2.08.